The number of nitrogens with zero attached hydrogens (tertiary/aromatic N) is 3. The molecule has 3 aromatic carbocycles. The maximum Gasteiger partial charge on any atom is 0.416 e. The molecule has 1 saturated heterocycles. The predicted octanol–water partition coefficient (Wildman–Crippen LogP) is 7.71. The fraction of sp³-hybridized carbons (Fsp3) is 0.424. The fourth-order valence-corrected chi connectivity index (χ4v) is 6.99. The number of carbonyl (C=O) groups is 1. The Morgan fingerprint density at radius 3 is 2.04 bits per heavy atom. The second kappa shape index (κ2) is 15.5. The molecule has 0 aromatic heterocycles. The summed E-state index contributed by atoms with van der Waals surface area (Å²) in [6, 6.07) is 12.9. The minimum Gasteiger partial charge on any atom is -0.369 e. The van der Waals surface area contributed by atoms with Gasteiger partial charge in [-0.1, -0.05) is 47.5 Å². The largest absolute Gasteiger partial charge is 0.416 e. The number of sulfonamides is 1. The van der Waals surface area contributed by atoms with Crippen LogP contribution in [-0.2, 0) is 22.4 Å². The highest BCUT2D eigenvalue weighted by molar-refractivity contribution is 7.88. The van der Waals surface area contributed by atoms with Gasteiger partial charge >= 0.3 is 12.4 Å². The van der Waals surface area contributed by atoms with Crippen LogP contribution in [0.25, 0.3) is 0 Å². The lowest BCUT2D eigenvalue weighted by Crippen LogP contribution is -2.47. The minimum atomic E-state index is -5.09. The number of carbonyl (C=O) groups excluding carboxylic acids is 1. The molecule has 1 fully saturated rings. The third-order valence-corrected chi connectivity index (χ3v) is 9.91. The lowest BCUT2D eigenvalue weighted by atomic mass is 9.94. The van der Waals surface area contributed by atoms with E-state index in [0.29, 0.717) is 61.9 Å². The Kier molecular flexibility index (Phi) is 12.2. The van der Waals surface area contributed by atoms with Crippen LogP contribution in [0.1, 0.15) is 57.9 Å². The molecule has 0 spiro atoms. The van der Waals surface area contributed by atoms with Gasteiger partial charge in [-0.05, 0) is 67.4 Å². The highest BCUT2D eigenvalue weighted by Gasteiger charge is 2.38. The number of rotatable bonds is 11. The first-order valence-electron chi connectivity index (χ1n) is 15.3. The number of anilines is 1. The van der Waals surface area contributed by atoms with Crippen molar-refractivity contribution in [3.63, 3.8) is 0 Å². The van der Waals surface area contributed by atoms with Gasteiger partial charge in [-0.15, -0.1) is 0 Å². The molecule has 7 nitrogen and oxygen atoms in total. The number of piperazine rings is 1. The molecule has 1 heterocycles. The molecule has 0 aliphatic carbocycles. The first kappa shape index (κ1) is 38.8. The number of para-hydroxylation sites is 1. The van der Waals surface area contributed by atoms with Gasteiger partial charge in [-0.2, -0.15) is 26.3 Å². The molecule has 1 N–H and O–H groups in total. The van der Waals surface area contributed by atoms with Gasteiger partial charge in [-0.25, -0.2) is 13.1 Å². The average molecular weight is 754 g/mol. The molecule has 268 valence electrons. The lowest BCUT2D eigenvalue weighted by Gasteiger charge is -2.38. The van der Waals surface area contributed by atoms with Gasteiger partial charge in [0.25, 0.3) is 5.91 Å². The van der Waals surface area contributed by atoms with Gasteiger partial charge in [0.15, 0.2) is 0 Å². The summed E-state index contributed by atoms with van der Waals surface area (Å²) < 4.78 is 107. The number of benzene rings is 3. The van der Waals surface area contributed by atoms with Gasteiger partial charge in [-0.3, -0.25) is 9.69 Å². The van der Waals surface area contributed by atoms with E-state index >= 15 is 0 Å². The number of halogens is 8. The molecule has 1 aliphatic rings. The van der Waals surface area contributed by atoms with E-state index in [2.05, 4.69) is 14.5 Å². The van der Waals surface area contributed by atoms with Gasteiger partial charge in [0.1, 0.15) is 0 Å². The second-order valence-electron chi connectivity index (χ2n) is 12.1. The summed E-state index contributed by atoms with van der Waals surface area (Å²) >= 11 is 12.4. The molecule has 2 atom stereocenters. The normalized spacial score (nSPS) is 16.0. The summed E-state index contributed by atoms with van der Waals surface area (Å²) in [5.41, 5.74) is -1.39. The topological polar surface area (TPSA) is 73.0 Å². The minimum absolute atomic E-state index is 0.0132. The maximum atomic E-state index is 13.5. The molecule has 4 rings (SSSR count). The summed E-state index contributed by atoms with van der Waals surface area (Å²) in [6.07, 6.45) is -8.58. The fourth-order valence-electron chi connectivity index (χ4n) is 5.92. The number of nitrogens with one attached hydrogen (secondary N) is 1. The van der Waals surface area contributed by atoms with Crippen LogP contribution in [0.15, 0.2) is 60.7 Å². The Balaban J connectivity index is 1.49. The van der Waals surface area contributed by atoms with Crippen LogP contribution in [0.3, 0.4) is 0 Å². The van der Waals surface area contributed by atoms with Crippen molar-refractivity contribution >= 4 is 44.8 Å². The summed E-state index contributed by atoms with van der Waals surface area (Å²) in [5, 5.41) is 0.562. The number of hydrogen-bond acceptors (Lipinski definition) is 5. The third kappa shape index (κ3) is 10.5. The molecule has 1 aliphatic heterocycles. The van der Waals surface area contributed by atoms with E-state index in [0.717, 1.165) is 22.4 Å². The van der Waals surface area contributed by atoms with E-state index in [1.807, 2.05) is 24.3 Å². The van der Waals surface area contributed by atoms with Gasteiger partial charge in [0.2, 0.25) is 10.0 Å². The molecule has 16 heteroatoms. The first-order valence-corrected chi connectivity index (χ1v) is 17.9. The number of alkyl halides is 6. The van der Waals surface area contributed by atoms with Gasteiger partial charge < -0.3 is 9.80 Å². The zero-order valence-corrected chi connectivity index (χ0v) is 29.2. The van der Waals surface area contributed by atoms with E-state index in [-0.39, 0.29) is 17.6 Å². The third-order valence-electron chi connectivity index (χ3n) is 8.39. The van der Waals surface area contributed by atoms with Crippen LogP contribution in [0, 0.1) is 0 Å². The van der Waals surface area contributed by atoms with Crippen LogP contribution >= 0.6 is 23.2 Å². The molecule has 1 unspecified atom stereocenters. The van der Waals surface area contributed by atoms with E-state index in [9.17, 15) is 39.6 Å². The van der Waals surface area contributed by atoms with Crippen molar-refractivity contribution in [1.82, 2.24) is 14.5 Å². The van der Waals surface area contributed by atoms with Crippen molar-refractivity contribution in [2.75, 3.05) is 57.5 Å². The Hall–Kier alpha value is -3.04. The molecule has 1 amide bonds. The van der Waals surface area contributed by atoms with Crippen LogP contribution < -0.4 is 9.62 Å². The quantitative estimate of drug-likeness (QED) is 0.203. The molecular formula is C33H36Cl2F6N4O3S. The Morgan fingerprint density at radius 1 is 0.898 bits per heavy atom. The summed E-state index contributed by atoms with van der Waals surface area (Å²) in [4.78, 5) is 18.8. The van der Waals surface area contributed by atoms with E-state index in [1.54, 1.807) is 25.1 Å². The molecular weight excluding hydrogens is 717 g/mol. The first-order chi connectivity index (χ1) is 22.7. The van der Waals surface area contributed by atoms with E-state index in [4.69, 9.17) is 23.2 Å². The highest BCUT2D eigenvalue weighted by atomic mass is 35.5. The Labute approximate surface area is 291 Å². The summed E-state index contributed by atoms with van der Waals surface area (Å²) in [7, 11) is -2.09. The zero-order chi connectivity index (χ0) is 36.3. The molecule has 0 saturated carbocycles. The average Bonchev–Trinajstić information content (AvgIpc) is 3.02. The maximum absolute atomic E-state index is 13.5. The molecule has 0 radical (unpaired) electrons. The standard InChI is InChI=1S/C33H36Cl2F6N4O3S/c1-21(42-49(3,47)48)27-6-4-5-7-30(27)45-14-12-44(13-15-45)11-10-23(22-8-9-28(34)29(35)18-22)20-43(2)31(46)24-16-25(32(36,37)38)19-26(17-24)33(39,40)41/h4-9,16-19,21,23,42H,10-15,20H2,1-3H3/t21-,23?/m1/s1. The van der Waals surface area contributed by atoms with Crippen molar-refractivity contribution in [2.45, 2.75) is 37.7 Å². The van der Waals surface area contributed by atoms with E-state index in [1.165, 1.54) is 7.05 Å². The van der Waals surface area contributed by atoms with Crippen molar-refractivity contribution in [3.8, 4) is 0 Å². The van der Waals surface area contributed by atoms with Crippen LogP contribution in [0.5, 0.6) is 0 Å². The van der Waals surface area contributed by atoms with Crippen molar-refractivity contribution in [2.24, 2.45) is 0 Å². The van der Waals surface area contributed by atoms with Crippen LogP contribution in [0.4, 0.5) is 32.0 Å². The molecule has 3 aromatic rings. The number of hydrogen-bond donors (Lipinski definition) is 1. The Bertz CT molecular complexity index is 1720. The number of amides is 1. The van der Waals surface area contributed by atoms with Crippen molar-refractivity contribution < 1.29 is 39.6 Å². The number of likely N-dealkylation sites (N-methyl/N-ethyl adjacent to an activating group) is 1. The predicted molar refractivity (Wildman–Crippen MR) is 179 cm³/mol. The second-order valence-corrected chi connectivity index (χ2v) is 14.7. The highest BCUT2D eigenvalue weighted by Crippen LogP contribution is 2.37. The van der Waals surface area contributed by atoms with Crippen LogP contribution in [0.2, 0.25) is 10.0 Å². The smallest absolute Gasteiger partial charge is 0.369 e. The van der Waals surface area contributed by atoms with Crippen molar-refractivity contribution in [1.29, 1.82) is 0 Å². The van der Waals surface area contributed by atoms with E-state index < -0.39 is 56.9 Å². The van der Waals surface area contributed by atoms with Gasteiger partial charge in [0.05, 0.1) is 27.4 Å². The lowest BCUT2D eigenvalue weighted by molar-refractivity contribution is -0.143. The van der Waals surface area contributed by atoms with Crippen LogP contribution in [-0.4, -0.2) is 76.7 Å². The molecule has 0 bridgehead atoms. The Morgan fingerprint density at radius 2 is 1.49 bits per heavy atom. The molecule has 49 heavy (non-hydrogen) atoms. The summed E-state index contributed by atoms with van der Waals surface area (Å²) in [6.45, 7) is 4.95. The SMILES string of the molecule is C[C@@H](NS(C)(=O)=O)c1ccccc1N1CCN(CCC(CN(C)C(=O)c2cc(C(F)(F)F)cc(C(F)(F)F)c2)c2ccc(Cl)c(Cl)c2)CC1. The van der Waals surface area contributed by atoms with Crippen molar-refractivity contribution in [3.05, 3.63) is 98.5 Å². The van der Waals surface area contributed by atoms with Gasteiger partial charge in [0, 0.05) is 63.0 Å². The monoisotopic (exact) mass is 752 g/mol. The summed E-state index contributed by atoms with van der Waals surface area (Å²) in [5.74, 6) is -1.38. The zero-order valence-electron chi connectivity index (χ0n) is 26.9.